The van der Waals surface area contributed by atoms with E-state index >= 15 is 0 Å². The summed E-state index contributed by atoms with van der Waals surface area (Å²) in [6, 6.07) is 1.87. The molecule has 134 valence electrons. The third kappa shape index (κ3) is 5.25. The quantitative estimate of drug-likeness (QED) is 0.842. The molecule has 2 heterocycles. The number of nitrogens with zero attached hydrogens (tertiary/aromatic N) is 4. The molecule has 0 N–H and O–H groups in total. The molecule has 0 radical (unpaired) electrons. The van der Waals surface area contributed by atoms with Crippen molar-refractivity contribution in [3.05, 3.63) is 11.9 Å². The Hall–Kier alpha value is -2.05. The second kappa shape index (κ2) is 7.68. The zero-order valence-corrected chi connectivity index (χ0v) is 15.3. The molecule has 7 nitrogen and oxygen atoms in total. The Morgan fingerprint density at radius 3 is 2.46 bits per heavy atom. The fourth-order valence-electron chi connectivity index (χ4n) is 2.41. The highest BCUT2D eigenvalue weighted by Crippen LogP contribution is 2.20. The van der Waals surface area contributed by atoms with Crippen LogP contribution in [0.1, 0.15) is 39.9 Å². The van der Waals surface area contributed by atoms with Gasteiger partial charge in [-0.1, -0.05) is 6.92 Å². The minimum Gasteiger partial charge on any atom is -0.478 e. The van der Waals surface area contributed by atoms with Crippen LogP contribution in [-0.4, -0.2) is 59.3 Å². The molecule has 7 heteroatoms. The lowest BCUT2D eigenvalue weighted by Gasteiger charge is -2.36. The molecule has 0 bridgehead atoms. The van der Waals surface area contributed by atoms with Crippen molar-refractivity contribution in [2.45, 2.75) is 46.6 Å². The van der Waals surface area contributed by atoms with Crippen LogP contribution in [0.2, 0.25) is 0 Å². The number of piperazine rings is 1. The smallest absolute Gasteiger partial charge is 0.410 e. The van der Waals surface area contributed by atoms with Gasteiger partial charge in [0.15, 0.2) is 0 Å². The van der Waals surface area contributed by atoms with Crippen molar-refractivity contribution in [1.82, 2.24) is 14.9 Å². The van der Waals surface area contributed by atoms with Gasteiger partial charge in [-0.15, -0.1) is 0 Å². The maximum absolute atomic E-state index is 12.1. The van der Waals surface area contributed by atoms with E-state index in [1.807, 2.05) is 33.8 Å². The predicted octanol–water partition coefficient (Wildman–Crippen LogP) is 2.63. The first-order valence-corrected chi connectivity index (χ1v) is 8.50. The summed E-state index contributed by atoms with van der Waals surface area (Å²) in [6.45, 7) is 12.8. The Bertz CT molecular complexity index is 563. The predicted molar refractivity (Wildman–Crippen MR) is 92.6 cm³/mol. The van der Waals surface area contributed by atoms with E-state index in [1.54, 1.807) is 4.90 Å². The summed E-state index contributed by atoms with van der Waals surface area (Å²) in [5.74, 6) is 2.14. The Labute approximate surface area is 144 Å². The molecule has 0 spiro atoms. The van der Waals surface area contributed by atoms with Crippen LogP contribution >= 0.6 is 0 Å². The van der Waals surface area contributed by atoms with Crippen LogP contribution in [0.3, 0.4) is 0 Å². The average Bonchev–Trinajstić information content (AvgIpc) is 2.51. The van der Waals surface area contributed by atoms with Crippen LogP contribution < -0.4 is 9.64 Å². The number of ether oxygens (including phenoxy) is 2. The van der Waals surface area contributed by atoms with Gasteiger partial charge in [0.1, 0.15) is 17.2 Å². The summed E-state index contributed by atoms with van der Waals surface area (Å²) in [7, 11) is 0. The van der Waals surface area contributed by atoms with Crippen molar-refractivity contribution in [2.24, 2.45) is 0 Å². The Balaban J connectivity index is 1.97. The van der Waals surface area contributed by atoms with Crippen LogP contribution in [0.4, 0.5) is 10.6 Å². The van der Waals surface area contributed by atoms with Gasteiger partial charge in [0.2, 0.25) is 5.88 Å². The number of rotatable bonds is 4. The third-order valence-electron chi connectivity index (χ3n) is 3.51. The van der Waals surface area contributed by atoms with Crippen LogP contribution in [0, 0.1) is 6.92 Å². The first-order valence-electron chi connectivity index (χ1n) is 8.50. The summed E-state index contributed by atoms with van der Waals surface area (Å²) in [5, 5.41) is 0. The fraction of sp³-hybridized carbons (Fsp3) is 0.706. The van der Waals surface area contributed by atoms with E-state index in [9.17, 15) is 4.79 Å². The van der Waals surface area contributed by atoms with Gasteiger partial charge in [-0.05, 0) is 34.1 Å². The van der Waals surface area contributed by atoms with Crippen LogP contribution in [0.5, 0.6) is 5.88 Å². The highest BCUT2D eigenvalue weighted by atomic mass is 16.6. The molecule has 1 saturated heterocycles. The van der Waals surface area contributed by atoms with Crippen molar-refractivity contribution in [3.8, 4) is 5.88 Å². The number of amides is 1. The molecule has 0 unspecified atom stereocenters. The van der Waals surface area contributed by atoms with Crippen LogP contribution in [-0.2, 0) is 4.74 Å². The Morgan fingerprint density at radius 1 is 1.21 bits per heavy atom. The van der Waals surface area contributed by atoms with Crippen molar-refractivity contribution < 1.29 is 14.3 Å². The Kier molecular flexibility index (Phi) is 5.85. The minimum atomic E-state index is -0.469. The van der Waals surface area contributed by atoms with E-state index in [-0.39, 0.29) is 6.09 Å². The maximum atomic E-state index is 12.1. The first-order chi connectivity index (χ1) is 11.3. The fourth-order valence-corrected chi connectivity index (χ4v) is 2.41. The molecular weight excluding hydrogens is 308 g/mol. The summed E-state index contributed by atoms with van der Waals surface area (Å²) in [5.41, 5.74) is -0.469. The van der Waals surface area contributed by atoms with Crippen molar-refractivity contribution in [1.29, 1.82) is 0 Å². The number of aryl methyl sites for hydroxylation is 1. The average molecular weight is 336 g/mol. The SMILES string of the molecule is CCCOc1cc(N2CCN(C(=O)OC(C)(C)C)CC2)nc(C)n1. The lowest BCUT2D eigenvalue weighted by molar-refractivity contribution is 0.0240. The zero-order chi connectivity index (χ0) is 17.7. The highest BCUT2D eigenvalue weighted by Gasteiger charge is 2.26. The third-order valence-corrected chi connectivity index (χ3v) is 3.51. The van der Waals surface area contributed by atoms with Crippen molar-refractivity contribution in [3.63, 3.8) is 0 Å². The molecule has 0 aromatic carbocycles. The summed E-state index contributed by atoms with van der Waals surface area (Å²) in [4.78, 5) is 24.8. The molecule has 1 fully saturated rings. The van der Waals surface area contributed by atoms with Gasteiger partial charge in [-0.25, -0.2) is 9.78 Å². The van der Waals surface area contributed by atoms with Crippen LogP contribution in [0.25, 0.3) is 0 Å². The van der Waals surface area contributed by atoms with Gasteiger partial charge in [-0.2, -0.15) is 4.98 Å². The van der Waals surface area contributed by atoms with E-state index in [0.717, 1.165) is 12.2 Å². The molecule has 1 aliphatic rings. The maximum Gasteiger partial charge on any atom is 0.410 e. The number of hydrogen-bond donors (Lipinski definition) is 0. The number of carbonyl (C=O) groups is 1. The molecular formula is C17H28N4O3. The second-order valence-electron chi connectivity index (χ2n) is 6.91. The molecule has 0 saturated carbocycles. The van der Waals surface area contributed by atoms with Crippen LogP contribution in [0.15, 0.2) is 6.07 Å². The topological polar surface area (TPSA) is 67.8 Å². The van der Waals surface area contributed by atoms with Gasteiger partial charge in [0.25, 0.3) is 0 Å². The van der Waals surface area contributed by atoms with Crippen molar-refractivity contribution >= 4 is 11.9 Å². The lowest BCUT2D eigenvalue weighted by atomic mass is 10.2. The van der Waals surface area contributed by atoms with E-state index in [1.165, 1.54) is 0 Å². The minimum absolute atomic E-state index is 0.256. The molecule has 1 aromatic heterocycles. The molecule has 2 rings (SSSR count). The van der Waals surface area contributed by atoms with Gasteiger partial charge in [0.05, 0.1) is 6.61 Å². The van der Waals surface area contributed by atoms with E-state index in [0.29, 0.717) is 44.5 Å². The molecule has 24 heavy (non-hydrogen) atoms. The monoisotopic (exact) mass is 336 g/mol. The number of hydrogen-bond acceptors (Lipinski definition) is 6. The Morgan fingerprint density at radius 2 is 1.88 bits per heavy atom. The van der Waals surface area contributed by atoms with Gasteiger partial charge < -0.3 is 19.3 Å². The summed E-state index contributed by atoms with van der Waals surface area (Å²) in [6.07, 6.45) is 0.681. The summed E-state index contributed by atoms with van der Waals surface area (Å²) < 4.78 is 11.0. The summed E-state index contributed by atoms with van der Waals surface area (Å²) >= 11 is 0. The largest absolute Gasteiger partial charge is 0.478 e. The van der Waals surface area contributed by atoms with E-state index < -0.39 is 5.60 Å². The molecule has 1 aliphatic heterocycles. The normalized spacial score (nSPS) is 15.4. The molecule has 0 atom stereocenters. The van der Waals surface area contributed by atoms with Gasteiger partial charge in [-0.3, -0.25) is 0 Å². The van der Waals surface area contributed by atoms with Gasteiger partial charge in [0, 0.05) is 32.2 Å². The number of carbonyl (C=O) groups excluding carboxylic acids is 1. The number of aromatic nitrogens is 2. The first kappa shape index (κ1) is 18.3. The van der Waals surface area contributed by atoms with E-state index in [2.05, 4.69) is 21.8 Å². The van der Waals surface area contributed by atoms with Gasteiger partial charge >= 0.3 is 6.09 Å². The molecule has 1 aromatic rings. The zero-order valence-electron chi connectivity index (χ0n) is 15.3. The second-order valence-corrected chi connectivity index (χ2v) is 6.91. The highest BCUT2D eigenvalue weighted by molar-refractivity contribution is 5.68. The van der Waals surface area contributed by atoms with E-state index in [4.69, 9.17) is 9.47 Å². The van der Waals surface area contributed by atoms with Crippen molar-refractivity contribution in [2.75, 3.05) is 37.7 Å². The lowest BCUT2D eigenvalue weighted by Crippen LogP contribution is -2.50. The standard InChI is InChI=1S/C17H28N4O3/c1-6-11-23-15-12-14(18-13(2)19-15)20-7-9-21(10-8-20)16(22)24-17(3,4)5/h12H,6-11H2,1-5H3. The number of anilines is 1. The molecule has 1 amide bonds. The molecule has 0 aliphatic carbocycles.